The average molecular weight is 526 g/mol. The highest BCUT2D eigenvalue weighted by atomic mass is 35.5. The summed E-state index contributed by atoms with van der Waals surface area (Å²) in [5.41, 5.74) is 3.88. The molecule has 0 aliphatic carbocycles. The summed E-state index contributed by atoms with van der Waals surface area (Å²) in [5.74, 6) is 1.79. The molecule has 0 fully saturated rings. The van der Waals surface area contributed by atoms with Crippen molar-refractivity contribution in [2.45, 2.75) is 33.9 Å². The van der Waals surface area contributed by atoms with E-state index in [1.807, 2.05) is 48.5 Å². The summed E-state index contributed by atoms with van der Waals surface area (Å²) >= 11 is 12.4. The number of nitrogens with zero attached hydrogens (tertiary/aromatic N) is 2. The van der Waals surface area contributed by atoms with E-state index in [-0.39, 0.29) is 11.3 Å². The SMILES string of the molecule is COc1cccc(CNC(=O)c2ccc3c(c2)nc(-c2ccc(Cl)c(Cl)c2)n3CC(C)(C)C)c1OC. The van der Waals surface area contributed by atoms with Crippen molar-refractivity contribution in [3.8, 4) is 22.9 Å². The topological polar surface area (TPSA) is 65.4 Å². The summed E-state index contributed by atoms with van der Waals surface area (Å²) < 4.78 is 13.0. The van der Waals surface area contributed by atoms with E-state index < -0.39 is 0 Å². The number of hydrogen-bond donors (Lipinski definition) is 1. The molecular weight excluding hydrogens is 497 g/mol. The predicted octanol–water partition coefficient (Wildman–Crippen LogP) is 7.00. The van der Waals surface area contributed by atoms with Gasteiger partial charge in [-0.25, -0.2) is 4.98 Å². The Morgan fingerprint density at radius 2 is 1.78 bits per heavy atom. The molecule has 0 saturated heterocycles. The van der Waals surface area contributed by atoms with Crippen LogP contribution in [0, 0.1) is 5.41 Å². The minimum atomic E-state index is -0.205. The molecule has 8 heteroatoms. The number of aromatic nitrogens is 2. The van der Waals surface area contributed by atoms with Gasteiger partial charge in [-0.2, -0.15) is 0 Å². The van der Waals surface area contributed by atoms with E-state index in [9.17, 15) is 4.79 Å². The van der Waals surface area contributed by atoms with Crippen molar-refractivity contribution < 1.29 is 14.3 Å². The summed E-state index contributed by atoms with van der Waals surface area (Å²) in [7, 11) is 3.16. The third-order valence-corrected chi connectivity index (χ3v) is 6.48. The third-order valence-electron chi connectivity index (χ3n) is 5.74. The minimum Gasteiger partial charge on any atom is -0.493 e. The Morgan fingerprint density at radius 1 is 1.00 bits per heavy atom. The molecule has 0 saturated carbocycles. The van der Waals surface area contributed by atoms with Gasteiger partial charge in [0, 0.05) is 29.8 Å². The molecule has 6 nitrogen and oxygen atoms in total. The van der Waals surface area contributed by atoms with Crippen molar-refractivity contribution in [2.75, 3.05) is 14.2 Å². The molecule has 188 valence electrons. The minimum absolute atomic E-state index is 0.00441. The number of nitrogens with one attached hydrogen (secondary N) is 1. The number of methoxy groups -OCH3 is 2. The van der Waals surface area contributed by atoms with Gasteiger partial charge in [0.05, 0.1) is 35.3 Å². The molecule has 0 atom stereocenters. The maximum Gasteiger partial charge on any atom is 0.251 e. The lowest BCUT2D eigenvalue weighted by atomic mass is 9.96. The molecule has 0 spiro atoms. The van der Waals surface area contributed by atoms with Crippen molar-refractivity contribution in [3.05, 3.63) is 75.8 Å². The summed E-state index contributed by atoms with van der Waals surface area (Å²) in [6, 6.07) is 16.6. The van der Waals surface area contributed by atoms with Gasteiger partial charge in [-0.15, -0.1) is 0 Å². The normalized spacial score (nSPS) is 11.5. The molecule has 1 amide bonds. The highest BCUT2D eigenvalue weighted by molar-refractivity contribution is 6.42. The second kappa shape index (κ2) is 10.4. The molecule has 1 N–H and O–H groups in total. The van der Waals surface area contributed by atoms with Crippen molar-refractivity contribution >= 4 is 40.1 Å². The van der Waals surface area contributed by atoms with Gasteiger partial charge < -0.3 is 19.4 Å². The molecule has 3 aromatic carbocycles. The fraction of sp³-hybridized carbons (Fsp3) is 0.286. The first kappa shape index (κ1) is 25.9. The van der Waals surface area contributed by atoms with Gasteiger partial charge in [0.25, 0.3) is 5.91 Å². The number of halogens is 2. The number of hydrogen-bond acceptors (Lipinski definition) is 4. The van der Waals surface area contributed by atoms with Gasteiger partial charge in [-0.1, -0.05) is 56.1 Å². The van der Waals surface area contributed by atoms with Crippen LogP contribution < -0.4 is 14.8 Å². The van der Waals surface area contributed by atoms with Crippen LogP contribution in [0.5, 0.6) is 11.5 Å². The van der Waals surface area contributed by atoms with E-state index in [2.05, 4.69) is 30.7 Å². The standard InChI is InChI=1S/C28H29Cl2N3O3/c1-28(2,3)16-33-23-12-10-18(14-22(23)32-26(33)17-9-11-20(29)21(30)13-17)27(34)31-15-19-7-6-8-24(35-4)25(19)36-5/h6-14H,15-16H2,1-5H3,(H,31,34). The lowest BCUT2D eigenvalue weighted by molar-refractivity contribution is 0.0950. The number of para-hydroxylation sites is 1. The van der Waals surface area contributed by atoms with Crippen LogP contribution in [0.15, 0.2) is 54.6 Å². The van der Waals surface area contributed by atoms with Crippen LogP contribution in [-0.4, -0.2) is 29.7 Å². The van der Waals surface area contributed by atoms with Crippen LogP contribution in [0.4, 0.5) is 0 Å². The lowest BCUT2D eigenvalue weighted by Crippen LogP contribution is -2.23. The van der Waals surface area contributed by atoms with E-state index in [1.165, 1.54) is 0 Å². The Balaban J connectivity index is 1.67. The first-order valence-electron chi connectivity index (χ1n) is 11.5. The van der Waals surface area contributed by atoms with Crippen molar-refractivity contribution in [3.63, 3.8) is 0 Å². The highest BCUT2D eigenvalue weighted by Crippen LogP contribution is 2.33. The molecule has 0 unspecified atom stereocenters. The summed E-state index contributed by atoms with van der Waals surface area (Å²) in [5, 5.41) is 3.93. The maximum absolute atomic E-state index is 13.0. The molecule has 36 heavy (non-hydrogen) atoms. The van der Waals surface area contributed by atoms with E-state index in [1.54, 1.807) is 20.3 Å². The van der Waals surface area contributed by atoms with Crippen molar-refractivity contribution in [1.82, 2.24) is 14.9 Å². The molecule has 0 aliphatic rings. The predicted molar refractivity (Wildman–Crippen MR) is 145 cm³/mol. The largest absolute Gasteiger partial charge is 0.493 e. The summed E-state index contributed by atoms with van der Waals surface area (Å²) in [4.78, 5) is 17.9. The molecule has 4 aromatic rings. The number of fused-ring (bicyclic) bond motifs is 1. The van der Waals surface area contributed by atoms with Gasteiger partial charge in [0.15, 0.2) is 11.5 Å². The number of ether oxygens (including phenoxy) is 2. The van der Waals surface area contributed by atoms with Crippen molar-refractivity contribution in [2.24, 2.45) is 5.41 Å². The zero-order valence-corrected chi connectivity index (χ0v) is 22.5. The van der Waals surface area contributed by atoms with E-state index in [0.717, 1.165) is 34.5 Å². The first-order valence-corrected chi connectivity index (χ1v) is 12.3. The monoisotopic (exact) mass is 525 g/mol. The van der Waals surface area contributed by atoms with E-state index in [0.29, 0.717) is 33.7 Å². The fourth-order valence-electron chi connectivity index (χ4n) is 4.13. The van der Waals surface area contributed by atoms with Crippen LogP contribution >= 0.6 is 23.2 Å². The second-order valence-corrected chi connectivity index (χ2v) is 10.6. The quantitative estimate of drug-likeness (QED) is 0.282. The van der Waals surface area contributed by atoms with Gasteiger partial charge in [-0.3, -0.25) is 4.79 Å². The molecule has 0 radical (unpaired) electrons. The molecule has 0 aliphatic heterocycles. The first-order chi connectivity index (χ1) is 17.1. The number of benzene rings is 3. The van der Waals surface area contributed by atoms with E-state index in [4.69, 9.17) is 37.7 Å². The number of carbonyl (C=O) groups is 1. The second-order valence-electron chi connectivity index (χ2n) is 9.75. The lowest BCUT2D eigenvalue weighted by Gasteiger charge is -2.21. The summed E-state index contributed by atoms with van der Waals surface area (Å²) in [6.45, 7) is 7.55. The molecule has 4 rings (SSSR count). The van der Waals surface area contributed by atoms with Crippen molar-refractivity contribution in [1.29, 1.82) is 0 Å². The fourth-order valence-corrected chi connectivity index (χ4v) is 4.43. The van der Waals surface area contributed by atoms with Crippen LogP contribution in [-0.2, 0) is 13.1 Å². The Labute approximate surface area is 221 Å². The Morgan fingerprint density at radius 3 is 2.44 bits per heavy atom. The van der Waals surface area contributed by atoms with Crippen LogP contribution in [0.1, 0.15) is 36.7 Å². The number of rotatable bonds is 7. The average Bonchev–Trinajstić information content (AvgIpc) is 3.19. The number of imidazole rings is 1. The van der Waals surface area contributed by atoms with Crippen LogP contribution in [0.25, 0.3) is 22.4 Å². The van der Waals surface area contributed by atoms with Gasteiger partial charge in [-0.05, 0) is 47.9 Å². The zero-order valence-electron chi connectivity index (χ0n) is 21.0. The highest BCUT2D eigenvalue weighted by Gasteiger charge is 2.20. The summed E-state index contributed by atoms with van der Waals surface area (Å²) in [6.07, 6.45) is 0. The van der Waals surface area contributed by atoms with Gasteiger partial charge in [0.1, 0.15) is 5.82 Å². The van der Waals surface area contributed by atoms with Crippen LogP contribution in [0.2, 0.25) is 10.0 Å². The van der Waals surface area contributed by atoms with Gasteiger partial charge >= 0.3 is 0 Å². The molecule has 1 aromatic heterocycles. The molecule has 1 heterocycles. The Hall–Kier alpha value is -3.22. The van der Waals surface area contributed by atoms with Crippen LogP contribution in [0.3, 0.4) is 0 Å². The zero-order chi connectivity index (χ0) is 26.0. The van der Waals surface area contributed by atoms with E-state index >= 15 is 0 Å². The molecular formula is C28H29Cl2N3O3. The van der Waals surface area contributed by atoms with Gasteiger partial charge in [0.2, 0.25) is 0 Å². The number of amides is 1. The smallest absolute Gasteiger partial charge is 0.251 e. The third kappa shape index (κ3) is 5.45. The molecule has 0 bridgehead atoms. The Bertz CT molecular complexity index is 1420. The Kier molecular flexibility index (Phi) is 7.48. The maximum atomic E-state index is 13.0. The number of carbonyl (C=O) groups excluding carboxylic acids is 1.